The molecule has 0 amide bonds. The summed E-state index contributed by atoms with van der Waals surface area (Å²) in [6, 6.07) is 5.41. The molecule has 0 heterocycles. The van der Waals surface area contributed by atoms with Crippen LogP contribution < -0.4 is 17.0 Å². The molecule has 14 heavy (non-hydrogen) atoms. The lowest BCUT2D eigenvalue weighted by Gasteiger charge is -2.24. The van der Waals surface area contributed by atoms with E-state index in [9.17, 15) is 4.39 Å². The number of aryl methyl sites for hydroxylation is 1. The van der Waals surface area contributed by atoms with E-state index >= 15 is 0 Å². The lowest BCUT2D eigenvalue weighted by molar-refractivity contribution is -0.884. The number of halogens is 2. The van der Waals surface area contributed by atoms with Crippen LogP contribution in [0.2, 0.25) is 0 Å². The molecule has 0 aromatic heterocycles. The predicted octanol–water partition coefficient (Wildman–Crippen LogP) is -0.656. The molecule has 1 aromatic carbocycles. The first-order chi connectivity index (χ1) is 5.88. The maximum Gasteiger partial charge on any atom is 0.132 e. The molecule has 0 spiro atoms. The molecule has 0 radical (unpaired) electrons. The molecule has 1 nitrogen and oxygen atoms in total. The van der Waals surface area contributed by atoms with Crippen molar-refractivity contribution >= 4 is 0 Å². The predicted molar refractivity (Wildman–Crippen MR) is 52.9 cm³/mol. The third kappa shape index (κ3) is 4.20. The van der Waals surface area contributed by atoms with Gasteiger partial charge in [-0.15, -0.1) is 0 Å². The molecule has 1 aromatic rings. The Balaban J connectivity index is 0.00000169. The highest BCUT2D eigenvalue weighted by Gasteiger charge is 2.11. The standard InChI is InChI=1S/C11H17FN.BrH/c1-9-5-6-10(11(12)7-9)8-13(2,3)4;/h5-7H,8H2,1-4H3;1H/q+1;/p-1. The highest BCUT2D eigenvalue weighted by molar-refractivity contribution is 5.22. The van der Waals surface area contributed by atoms with Gasteiger partial charge in [-0.25, -0.2) is 4.39 Å². The first-order valence-electron chi connectivity index (χ1n) is 4.44. The lowest BCUT2D eigenvalue weighted by atomic mass is 10.1. The van der Waals surface area contributed by atoms with Crippen LogP contribution in [0.15, 0.2) is 18.2 Å². The topological polar surface area (TPSA) is 0 Å². The molecule has 3 heteroatoms. The van der Waals surface area contributed by atoms with Crippen LogP contribution in [0.25, 0.3) is 0 Å². The monoisotopic (exact) mass is 261 g/mol. The molecular formula is C11H17BrFN. The second-order valence-electron chi connectivity index (χ2n) is 4.54. The number of hydrogen-bond donors (Lipinski definition) is 0. The number of rotatable bonds is 2. The molecule has 80 valence electrons. The SMILES string of the molecule is Cc1ccc(C[N+](C)(C)C)c(F)c1.[Br-]. The molecule has 0 saturated heterocycles. The van der Waals surface area contributed by atoms with Gasteiger partial charge in [-0.3, -0.25) is 0 Å². The van der Waals surface area contributed by atoms with Gasteiger partial charge in [0.15, 0.2) is 0 Å². The van der Waals surface area contributed by atoms with Gasteiger partial charge in [0.25, 0.3) is 0 Å². The molecule has 1 rings (SSSR count). The van der Waals surface area contributed by atoms with E-state index < -0.39 is 0 Å². The van der Waals surface area contributed by atoms with Crippen LogP contribution in [0.3, 0.4) is 0 Å². The van der Waals surface area contributed by atoms with Crippen LogP contribution in [-0.2, 0) is 6.54 Å². The van der Waals surface area contributed by atoms with Gasteiger partial charge in [0, 0.05) is 5.56 Å². The van der Waals surface area contributed by atoms with E-state index in [1.165, 1.54) is 0 Å². The maximum atomic E-state index is 13.4. The molecule has 0 fully saturated rings. The highest BCUT2D eigenvalue weighted by atomic mass is 79.9. The van der Waals surface area contributed by atoms with Gasteiger partial charge >= 0.3 is 0 Å². The average Bonchev–Trinajstić information content (AvgIpc) is 1.93. The molecule has 0 atom stereocenters. The van der Waals surface area contributed by atoms with E-state index in [4.69, 9.17) is 0 Å². The third-order valence-corrected chi connectivity index (χ3v) is 1.85. The van der Waals surface area contributed by atoms with Crippen LogP contribution in [-0.4, -0.2) is 25.6 Å². The number of nitrogens with zero attached hydrogens (tertiary/aromatic N) is 1. The summed E-state index contributed by atoms with van der Waals surface area (Å²) in [5.74, 6) is -0.0898. The van der Waals surface area contributed by atoms with Crippen LogP contribution >= 0.6 is 0 Å². The Kier molecular flexibility index (Phi) is 4.75. The largest absolute Gasteiger partial charge is 1.00 e. The van der Waals surface area contributed by atoms with Crippen molar-refractivity contribution in [3.05, 3.63) is 35.1 Å². The molecule has 0 aliphatic carbocycles. The zero-order valence-corrected chi connectivity index (χ0v) is 10.7. The summed E-state index contributed by atoms with van der Waals surface area (Å²) >= 11 is 0. The van der Waals surface area contributed by atoms with Crippen molar-refractivity contribution in [2.45, 2.75) is 13.5 Å². The fraction of sp³-hybridized carbons (Fsp3) is 0.455. The molecular weight excluding hydrogens is 245 g/mol. The van der Waals surface area contributed by atoms with Crippen LogP contribution in [0.5, 0.6) is 0 Å². The minimum Gasteiger partial charge on any atom is -1.00 e. The maximum absolute atomic E-state index is 13.4. The minimum absolute atomic E-state index is 0. The Morgan fingerprint density at radius 3 is 2.21 bits per heavy atom. The third-order valence-electron chi connectivity index (χ3n) is 1.85. The second-order valence-corrected chi connectivity index (χ2v) is 4.54. The summed E-state index contributed by atoms with van der Waals surface area (Å²) in [4.78, 5) is 0. The first kappa shape index (κ1) is 13.6. The summed E-state index contributed by atoms with van der Waals surface area (Å²) < 4.78 is 14.1. The Bertz CT molecular complexity index is 305. The average molecular weight is 262 g/mol. The van der Waals surface area contributed by atoms with Crippen molar-refractivity contribution in [1.82, 2.24) is 0 Å². The Labute approximate surface area is 95.9 Å². The fourth-order valence-corrected chi connectivity index (χ4v) is 1.29. The normalized spacial score (nSPS) is 10.9. The first-order valence-corrected chi connectivity index (χ1v) is 4.44. The van der Waals surface area contributed by atoms with Crippen molar-refractivity contribution in [1.29, 1.82) is 0 Å². The van der Waals surface area contributed by atoms with Crippen molar-refractivity contribution in [3.8, 4) is 0 Å². The highest BCUT2D eigenvalue weighted by Crippen LogP contribution is 2.13. The van der Waals surface area contributed by atoms with Gasteiger partial charge in [0.2, 0.25) is 0 Å². The molecule has 0 aliphatic heterocycles. The molecule has 0 unspecified atom stereocenters. The fourth-order valence-electron chi connectivity index (χ4n) is 1.29. The Morgan fingerprint density at radius 1 is 1.21 bits per heavy atom. The quantitative estimate of drug-likeness (QED) is 0.621. The van der Waals surface area contributed by atoms with Gasteiger partial charge < -0.3 is 21.5 Å². The van der Waals surface area contributed by atoms with E-state index in [0.717, 1.165) is 22.2 Å². The minimum atomic E-state index is -0.0898. The van der Waals surface area contributed by atoms with E-state index in [-0.39, 0.29) is 22.8 Å². The van der Waals surface area contributed by atoms with Crippen LogP contribution in [0, 0.1) is 12.7 Å². The van der Waals surface area contributed by atoms with Crippen molar-refractivity contribution < 1.29 is 25.9 Å². The molecule has 0 saturated carbocycles. The molecule has 0 aliphatic rings. The van der Waals surface area contributed by atoms with Crippen molar-refractivity contribution in [2.75, 3.05) is 21.1 Å². The van der Waals surface area contributed by atoms with E-state index in [1.54, 1.807) is 6.07 Å². The number of hydrogen-bond acceptors (Lipinski definition) is 0. The van der Waals surface area contributed by atoms with Gasteiger partial charge in [-0.1, -0.05) is 12.1 Å². The van der Waals surface area contributed by atoms with E-state index in [0.29, 0.717) is 0 Å². The number of benzene rings is 1. The molecule has 0 bridgehead atoms. The zero-order valence-electron chi connectivity index (χ0n) is 9.14. The van der Waals surface area contributed by atoms with Gasteiger partial charge in [-0.05, 0) is 18.6 Å². The number of quaternary nitrogens is 1. The molecule has 0 N–H and O–H groups in total. The van der Waals surface area contributed by atoms with Crippen LogP contribution in [0.4, 0.5) is 4.39 Å². The van der Waals surface area contributed by atoms with Gasteiger partial charge in [-0.2, -0.15) is 0 Å². The summed E-state index contributed by atoms with van der Waals surface area (Å²) in [5, 5.41) is 0. The van der Waals surface area contributed by atoms with Crippen LogP contribution in [0.1, 0.15) is 11.1 Å². The van der Waals surface area contributed by atoms with Crippen molar-refractivity contribution in [3.63, 3.8) is 0 Å². The lowest BCUT2D eigenvalue weighted by Crippen LogP contribution is -3.00. The summed E-state index contributed by atoms with van der Waals surface area (Å²) in [6.07, 6.45) is 0. The van der Waals surface area contributed by atoms with E-state index in [2.05, 4.69) is 21.1 Å². The second kappa shape index (κ2) is 4.89. The summed E-state index contributed by atoms with van der Waals surface area (Å²) in [5.41, 5.74) is 1.76. The van der Waals surface area contributed by atoms with Crippen molar-refractivity contribution in [2.24, 2.45) is 0 Å². The zero-order chi connectivity index (χ0) is 10.1. The van der Waals surface area contributed by atoms with Gasteiger partial charge in [0.1, 0.15) is 12.4 Å². The summed E-state index contributed by atoms with van der Waals surface area (Å²) in [7, 11) is 6.16. The smallest absolute Gasteiger partial charge is 0.132 e. The Morgan fingerprint density at radius 2 is 1.79 bits per heavy atom. The Hall–Kier alpha value is -0.410. The van der Waals surface area contributed by atoms with Gasteiger partial charge in [0.05, 0.1) is 21.1 Å². The van der Waals surface area contributed by atoms with E-state index in [1.807, 2.05) is 19.1 Å². The summed E-state index contributed by atoms with van der Waals surface area (Å²) in [6.45, 7) is 2.63.